The van der Waals surface area contributed by atoms with Crippen LogP contribution in [-0.4, -0.2) is 24.1 Å². The summed E-state index contributed by atoms with van der Waals surface area (Å²) in [5.41, 5.74) is 3.03. The lowest BCUT2D eigenvalue weighted by Crippen LogP contribution is -2.26. The molecule has 0 N–H and O–H groups in total. The van der Waals surface area contributed by atoms with E-state index in [-0.39, 0.29) is 11.9 Å². The highest BCUT2D eigenvalue weighted by Gasteiger charge is 2.25. The molecule has 1 aromatic heterocycles. The summed E-state index contributed by atoms with van der Waals surface area (Å²) in [4.78, 5) is 13.4. The minimum atomic E-state index is -0.363. The first-order chi connectivity index (χ1) is 11.5. The van der Waals surface area contributed by atoms with Gasteiger partial charge in [0.25, 0.3) is 0 Å². The second-order valence-electron chi connectivity index (χ2n) is 5.80. The summed E-state index contributed by atoms with van der Waals surface area (Å²) < 4.78 is 23.9. The van der Waals surface area contributed by atoms with Crippen molar-refractivity contribution in [3.8, 4) is 11.3 Å². The maximum absolute atomic E-state index is 13.1. The third kappa shape index (κ3) is 3.11. The van der Waals surface area contributed by atoms with E-state index in [1.807, 2.05) is 13.8 Å². The third-order valence-electron chi connectivity index (χ3n) is 3.80. The predicted molar refractivity (Wildman–Crippen MR) is 89.8 cm³/mol. The predicted octanol–water partition coefficient (Wildman–Crippen LogP) is 3.02. The van der Waals surface area contributed by atoms with Gasteiger partial charge in [-0.15, -0.1) is 0 Å². The van der Waals surface area contributed by atoms with Crippen molar-refractivity contribution in [1.29, 1.82) is 0 Å². The zero-order chi connectivity index (χ0) is 17.3. The molecule has 1 aliphatic heterocycles. The van der Waals surface area contributed by atoms with Gasteiger partial charge >= 0.3 is 6.09 Å². The van der Waals surface area contributed by atoms with Crippen molar-refractivity contribution in [3.05, 3.63) is 58.1 Å². The Labute approximate surface area is 139 Å². The number of rotatable bonds is 3. The molecule has 2 heterocycles. The Balaban J connectivity index is 2.04. The zero-order valence-electron chi connectivity index (χ0n) is 13.6. The van der Waals surface area contributed by atoms with Gasteiger partial charge in [-0.05, 0) is 44.2 Å². The summed E-state index contributed by atoms with van der Waals surface area (Å²) in [5.74, 6) is 0.301. The van der Waals surface area contributed by atoms with Crippen LogP contribution < -0.4 is 10.6 Å². The van der Waals surface area contributed by atoms with Crippen molar-refractivity contribution < 1.29 is 18.3 Å². The summed E-state index contributed by atoms with van der Waals surface area (Å²) in [5, 5.41) is 0.695. The smallest absolute Gasteiger partial charge is 0.414 e. The van der Waals surface area contributed by atoms with Crippen LogP contribution in [0.3, 0.4) is 0 Å². The molecule has 0 radical (unpaired) electrons. The number of halogens is 1. The zero-order valence-corrected chi connectivity index (χ0v) is 13.6. The molecule has 4 nitrogen and oxygen atoms in total. The highest BCUT2D eigenvalue weighted by atomic mass is 19.1. The van der Waals surface area contributed by atoms with Crippen LogP contribution in [0.2, 0.25) is 0 Å². The van der Waals surface area contributed by atoms with E-state index in [0.29, 0.717) is 29.5 Å². The Hall–Kier alpha value is -2.82. The third-order valence-corrected chi connectivity index (χ3v) is 3.80. The van der Waals surface area contributed by atoms with Gasteiger partial charge < -0.3 is 9.15 Å². The van der Waals surface area contributed by atoms with Gasteiger partial charge in [0.1, 0.15) is 23.6 Å². The molecule has 0 bridgehead atoms. The first-order valence-corrected chi connectivity index (χ1v) is 7.64. The van der Waals surface area contributed by atoms with Crippen LogP contribution in [-0.2, 0) is 4.74 Å². The van der Waals surface area contributed by atoms with E-state index >= 15 is 0 Å². The molecule has 0 atom stereocenters. The van der Waals surface area contributed by atoms with E-state index in [1.165, 1.54) is 12.1 Å². The Kier molecular flexibility index (Phi) is 4.25. The molecule has 2 aromatic rings. The summed E-state index contributed by atoms with van der Waals surface area (Å²) in [6, 6.07) is 7.86. The van der Waals surface area contributed by atoms with Gasteiger partial charge in [-0.1, -0.05) is 12.2 Å². The van der Waals surface area contributed by atoms with E-state index in [4.69, 9.17) is 9.15 Å². The van der Waals surface area contributed by atoms with Crippen molar-refractivity contribution >= 4 is 18.7 Å². The lowest BCUT2D eigenvalue weighted by molar-refractivity contribution is 0.165. The number of nitrogens with zero attached hydrogens (tertiary/aromatic N) is 1. The van der Waals surface area contributed by atoms with Gasteiger partial charge in [0, 0.05) is 22.6 Å². The van der Waals surface area contributed by atoms with E-state index in [9.17, 15) is 9.18 Å². The number of allylic oxidation sites excluding steroid dienone is 2. The fourth-order valence-corrected chi connectivity index (χ4v) is 2.55. The van der Waals surface area contributed by atoms with E-state index in [0.717, 1.165) is 16.8 Å². The molecule has 0 aliphatic carbocycles. The van der Waals surface area contributed by atoms with Crippen LogP contribution in [0, 0.1) is 5.82 Å². The van der Waals surface area contributed by atoms with Gasteiger partial charge in [-0.25, -0.2) is 9.18 Å². The highest BCUT2D eigenvalue weighted by molar-refractivity contribution is 5.75. The average Bonchev–Trinajstić information content (AvgIpc) is 3.11. The number of hydrogen-bond donors (Lipinski definition) is 0. The molecule has 5 heteroatoms. The first kappa shape index (κ1) is 16.1. The minimum Gasteiger partial charge on any atom is -0.456 e. The molecule has 0 saturated carbocycles. The molecular weight excluding hydrogens is 309 g/mol. The van der Waals surface area contributed by atoms with Crippen LogP contribution in [0.4, 0.5) is 9.18 Å². The van der Waals surface area contributed by atoms with Crippen molar-refractivity contribution in [3.63, 3.8) is 0 Å². The molecule has 124 valence electrons. The van der Waals surface area contributed by atoms with Crippen molar-refractivity contribution in [1.82, 2.24) is 4.90 Å². The number of ether oxygens (including phenoxy) is 1. The fourth-order valence-electron chi connectivity index (χ4n) is 2.55. The molecule has 0 unspecified atom stereocenters. The largest absolute Gasteiger partial charge is 0.456 e. The molecule has 1 saturated heterocycles. The summed E-state index contributed by atoms with van der Waals surface area (Å²) in [7, 11) is 0. The summed E-state index contributed by atoms with van der Waals surface area (Å²) in [6.07, 6.45) is 1.43. The number of amides is 1. The number of cyclic esters (lactones) is 1. The first-order valence-electron chi connectivity index (χ1n) is 7.64. The molecule has 0 spiro atoms. The van der Waals surface area contributed by atoms with E-state index in [1.54, 1.807) is 29.2 Å². The molecule has 24 heavy (non-hydrogen) atoms. The maximum atomic E-state index is 13.1. The normalized spacial score (nSPS) is 14.9. The van der Waals surface area contributed by atoms with Crippen LogP contribution in [0.15, 0.2) is 46.0 Å². The Bertz CT molecular complexity index is 905. The van der Waals surface area contributed by atoms with E-state index in [2.05, 4.69) is 6.58 Å². The number of hydrogen-bond acceptors (Lipinski definition) is 3. The number of furan rings is 1. The highest BCUT2D eigenvalue weighted by Crippen LogP contribution is 2.19. The Morgan fingerprint density at radius 3 is 2.58 bits per heavy atom. The molecule has 1 aliphatic rings. The monoisotopic (exact) mass is 327 g/mol. The van der Waals surface area contributed by atoms with Crippen LogP contribution in [0.1, 0.15) is 13.8 Å². The Morgan fingerprint density at radius 2 is 2.00 bits per heavy atom. The van der Waals surface area contributed by atoms with Gasteiger partial charge in [-0.3, -0.25) is 4.90 Å². The van der Waals surface area contributed by atoms with Crippen LogP contribution in [0.5, 0.6) is 0 Å². The van der Waals surface area contributed by atoms with Crippen LogP contribution >= 0.6 is 0 Å². The van der Waals surface area contributed by atoms with Gasteiger partial charge in [0.15, 0.2) is 0 Å². The second-order valence-corrected chi connectivity index (χ2v) is 5.80. The Morgan fingerprint density at radius 1 is 1.29 bits per heavy atom. The van der Waals surface area contributed by atoms with Crippen molar-refractivity contribution in [2.24, 2.45) is 0 Å². The van der Waals surface area contributed by atoms with Gasteiger partial charge in [0.2, 0.25) is 0 Å². The molecule has 1 aromatic carbocycles. The minimum absolute atomic E-state index is 0.300. The summed E-state index contributed by atoms with van der Waals surface area (Å²) >= 11 is 0. The molecular formula is C19H18FNO3. The van der Waals surface area contributed by atoms with Crippen LogP contribution in [0.25, 0.3) is 24.0 Å². The second kappa shape index (κ2) is 6.35. The molecule has 1 fully saturated rings. The van der Waals surface area contributed by atoms with Gasteiger partial charge in [0.05, 0.1) is 6.54 Å². The molecule has 3 rings (SSSR count). The molecule has 1 amide bonds. The van der Waals surface area contributed by atoms with Crippen molar-refractivity contribution in [2.75, 3.05) is 13.2 Å². The number of benzene rings is 1. The standard InChI is InChI=1S/C19H18FNO3/c1-12(2)16(21-8-9-23-19(21)22)11-17-13(3)10-18(24-17)14-4-6-15(20)7-5-14/h4-7,10-11H,3,8-9H2,1-2H3/b17-11+. The lowest BCUT2D eigenvalue weighted by atomic mass is 10.2. The number of carbonyl (C=O) groups is 1. The quantitative estimate of drug-likeness (QED) is 0.870. The number of carbonyl (C=O) groups excluding carboxylic acids is 1. The summed E-state index contributed by atoms with van der Waals surface area (Å²) in [6.45, 7) is 8.71. The van der Waals surface area contributed by atoms with E-state index < -0.39 is 0 Å². The fraction of sp³-hybridized carbons (Fsp3) is 0.211. The maximum Gasteiger partial charge on any atom is 0.414 e. The SMILES string of the molecule is C=c1cc(-c2ccc(F)cc2)o/c1=C/C(=C(C)C)N1CCOC1=O. The lowest BCUT2D eigenvalue weighted by Gasteiger charge is -2.15. The average molecular weight is 327 g/mol. The van der Waals surface area contributed by atoms with Gasteiger partial charge in [-0.2, -0.15) is 0 Å². The topological polar surface area (TPSA) is 42.7 Å². The van der Waals surface area contributed by atoms with Crippen molar-refractivity contribution in [2.45, 2.75) is 13.8 Å².